The summed E-state index contributed by atoms with van der Waals surface area (Å²) in [6.07, 6.45) is 3.43. The molecule has 0 bridgehead atoms. The fourth-order valence-electron chi connectivity index (χ4n) is 6.60. The van der Waals surface area contributed by atoms with Crippen molar-refractivity contribution >= 4 is 23.2 Å². The maximum Gasteiger partial charge on any atom is 0.255 e. The van der Waals surface area contributed by atoms with Gasteiger partial charge in [-0.2, -0.15) is 0 Å². The summed E-state index contributed by atoms with van der Waals surface area (Å²) in [6.45, 7) is 1.51. The highest BCUT2D eigenvalue weighted by Crippen LogP contribution is 2.52. The summed E-state index contributed by atoms with van der Waals surface area (Å²) in [6, 6.07) is 2.62. The standard InChI is InChI=1S/C26H31N3O7/c1-28(2)19-14-11-13-10-12-6-7-15(29-8-4-3-5-9-29)20(30)16(12)21(31)17(13)23(33)26(14,36)24(34)18(22(19)32)25(27)35/h6-7,13-14,19,30,32-33,36H,3-5,8-11H2,1-2H3,(H2,27,35). The number of aromatic hydroxyl groups is 1. The molecule has 1 heterocycles. The van der Waals surface area contributed by atoms with E-state index in [2.05, 4.69) is 0 Å². The van der Waals surface area contributed by atoms with Crippen LogP contribution in [0.1, 0.15) is 41.6 Å². The van der Waals surface area contributed by atoms with Crippen molar-refractivity contribution in [2.45, 2.75) is 43.7 Å². The number of phenolic OH excluding ortho intramolecular Hbond substituents is 1. The number of primary amides is 1. The number of ketones is 2. The minimum Gasteiger partial charge on any atom is -0.510 e. The van der Waals surface area contributed by atoms with Crippen LogP contribution in [0.15, 0.2) is 34.8 Å². The molecule has 192 valence electrons. The second-order valence-corrected chi connectivity index (χ2v) is 10.5. The van der Waals surface area contributed by atoms with Crippen LogP contribution in [-0.2, 0) is 16.0 Å². The van der Waals surface area contributed by atoms with Crippen LogP contribution in [0.3, 0.4) is 0 Å². The molecule has 10 nitrogen and oxygen atoms in total. The van der Waals surface area contributed by atoms with Crippen molar-refractivity contribution < 1.29 is 34.8 Å². The number of anilines is 1. The average molecular weight is 498 g/mol. The van der Waals surface area contributed by atoms with Gasteiger partial charge in [-0.05, 0) is 63.7 Å². The number of aliphatic hydroxyl groups is 3. The van der Waals surface area contributed by atoms with Crippen LogP contribution in [-0.4, -0.2) is 81.6 Å². The third kappa shape index (κ3) is 3.20. The lowest BCUT2D eigenvalue weighted by Gasteiger charge is -2.50. The van der Waals surface area contributed by atoms with Crippen molar-refractivity contribution in [3.63, 3.8) is 0 Å². The molecule has 4 unspecified atom stereocenters. The number of likely N-dealkylation sites (N-methyl/N-ethyl adjacent to an activating group) is 1. The molecule has 1 saturated heterocycles. The van der Waals surface area contributed by atoms with Crippen LogP contribution < -0.4 is 10.6 Å². The Hall–Kier alpha value is -3.37. The largest absolute Gasteiger partial charge is 0.510 e. The molecule has 4 atom stereocenters. The number of benzene rings is 1. The number of hydrogen-bond acceptors (Lipinski definition) is 9. The normalized spacial score (nSPS) is 30.3. The number of Topliss-reactive ketones (excluding diaryl/α,β-unsaturated/α-hetero) is 2. The SMILES string of the molecule is CN(C)C1C(O)=C(C(N)=O)C(=O)C2(O)C(O)=C3C(=O)c4c(ccc(N5CCCCC5)c4O)CC3CC12. The number of allylic oxidation sites excluding steroid dienone is 1. The molecule has 0 saturated carbocycles. The van der Waals surface area contributed by atoms with Crippen LogP contribution in [0.25, 0.3) is 0 Å². The van der Waals surface area contributed by atoms with Gasteiger partial charge in [0.2, 0.25) is 5.78 Å². The number of rotatable bonds is 3. The Morgan fingerprint density at radius 2 is 1.78 bits per heavy atom. The smallest absolute Gasteiger partial charge is 0.255 e. The lowest BCUT2D eigenvalue weighted by Crippen LogP contribution is -2.63. The van der Waals surface area contributed by atoms with E-state index in [0.29, 0.717) is 17.7 Å². The van der Waals surface area contributed by atoms with Crippen LogP contribution >= 0.6 is 0 Å². The molecule has 1 aromatic carbocycles. The Morgan fingerprint density at radius 3 is 2.39 bits per heavy atom. The maximum atomic E-state index is 13.8. The summed E-state index contributed by atoms with van der Waals surface area (Å²) < 4.78 is 0. The van der Waals surface area contributed by atoms with Crippen LogP contribution in [0, 0.1) is 11.8 Å². The highest BCUT2D eigenvalue weighted by molar-refractivity contribution is 6.24. The Labute approximate surface area is 208 Å². The molecule has 0 aromatic heterocycles. The zero-order chi connectivity index (χ0) is 26.1. The van der Waals surface area contributed by atoms with Crippen molar-refractivity contribution in [2.75, 3.05) is 32.1 Å². The summed E-state index contributed by atoms with van der Waals surface area (Å²) in [7, 11) is 3.21. The van der Waals surface area contributed by atoms with Crippen LogP contribution in [0.2, 0.25) is 0 Å². The number of piperidine rings is 1. The summed E-state index contributed by atoms with van der Waals surface area (Å²) in [4.78, 5) is 42.7. The summed E-state index contributed by atoms with van der Waals surface area (Å²) in [5, 5.41) is 44.9. The first-order valence-corrected chi connectivity index (χ1v) is 12.2. The Balaban J connectivity index is 1.66. The molecule has 10 heteroatoms. The van der Waals surface area contributed by atoms with E-state index in [1.54, 1.807) is 20.2 Å². The number of amides is 1. The zero-order valence-electron chi connectivity index (χ0n) is 20.3. The van der Waals surface area contributed by atoms with E-state index in [0.717, 1.165) is 32.4 Å². The molecule has 5 rings (SSSR count). The van der Waals surface area contributed by atoms with Gasteiger partial charge in [0.1, 0.15) is 22.8 Å². The molecule has 6 N–H and O–H groups in total. The first-order chi connectivity index (χ1) is 17.0. The summed E-state index contributed by atoms with van der Waals surface area (Å²) in [5.74, 6) is -6.30. The number of carbonyl (C=O) groups is 3. The average Bonchev–Trinajstić information content (AvgIpc) is 2.81. The third-order valence-electron chi connectivity index (χ3n) is 8.27. The minimum atomic E-state index is -2.62. The predicted octanol–water partition coefficient (Wildman–Crippen LogP) is 1.11. The van der Waals surface area contributed by atoms with Crippen molar-refractivity contribution in [3.8, 4) is 5.75 Å². The van der Waals surface area contributed by atoms with E-state index in [-0.39, 0.29) is 23.3 Å². The molecule has 1 fully saturated rings. The van der Waals surface area contributed by atoms with Crippen molar-refractivity contribution in [1.82, 2.24) is 4.90 Å². The topological polar surface area (TPSA) is 165 Å². The van der Waals surface area contributed by atoms with E-state index in [1.165, 1.54) is 4.90 Å². The molecule has 36 heavy (non-hydrogen) atoms. The molecule has 3 aliphatic carbocycles. The molecule has 1 aliphatic heterocycles. The summed E-state index contributed by atoms with van der Waals surface area (Å²) in [5.41, 5.74) is 3.00. The van der Waals surface area contributed by atoms with Gasteiger partial charge in [0.15, 0.2) is 11.4 Å². The van der Waals surface area contributed by atoms with Gasteiger partial charge in [-0.1, -0.05) is 6.07 Å². The van der Waals surface area contributed by atoms with Crippen LogP contribution in [0.4, 0.5) is 5.69 Å². The molecular weight excluding hydrogens is 466 g/mol. The van der Waals surface area contributed by atoms with Gasteiger partial charge in [-0.3, -0.25) is 19.3 Å². The van der Waals surface area contributed by atoms with Gasteiger partial charge in [-0.15, -0.1) is 0 Å². The minimum absolute atomic E-state index is 0.0545. The number of hydrogen-bond donors (Lipinski definition) is 5. The fraction of sp³-hybridized carbons (Fsp3) is 0.500. The molecule has 1 amide bonds. The Morgan fingerprint density at radius 1 is 1.11 bits per heavy atom. The maximum absolute atomic E-state index is 13.8. The van der Waals surface area contributed by atoms with Gasteiger partial charge < -0.3 is 31.1 Å². The van der Waals surface area contributed by atoms with Gasteiger partial charge in [-0.25, -0.2) is 0 Å². The Bertz CT molecular complexity index is 1240. The van der Waals surface area contributed by atoms with Crippen LogP contribution in [0.5, 0.6) is 5.75 Å². The molecule has 1 aromatic rings. The molecule has 4 aliphatic rings. The van der Waals surface area contributed by atoms with E-state index in [4.69, 9.17) is 5.73 Å². The van der Waals surface area contributed by atoms with Gasteiger partial charge in [0.25, 0.3) is 5.91 Å². The Kier molecular flexibility index (Phi) is 5.64. The van der Waals surface area contributed by atoms with E-state index < -0.39 is 58.0 Å². The van der Waals surface area contributed by atoms with Crippen molar-refractivity contribution in [1.29, 1.82) is 0 Å². The first-order valence-electron chi connectivity index (χ1n) is 12.2. The number of nitrogens with zero attached hydrogens (tertiary/aromatic N) is 2. The predicted molar refractivity (Wildman–Crippen MR) is 130 cm³/mol. The number of carbonyl (C=O) groups excluding carboxylic acids is 3. The van der Waals surface area contributed by atoms with E-state index in [9.17, 15) is 34.8 Å². The number of fused-ring (bicyclic) bond motifs is 3. The highest BCUT2D eigenvalue weighted by Gasteiger charge is 2.63. The monoisotopic (exact) mass is 497 g/mol. The highest BCUT2D eigenvalue weighted by atomic mass is 16.3. The van der Waals surface area contributed by atoms with Crippen molar-refractivity contribution in [3.05, 3.63) is 45.9 Å². The molecule has 0 radical (unpaired) electrons. The number of phenols is 1. The van der Waals surface area contributed by atoms with Gasteiger partial charge >= 0.3 is 0 Å². The third-order valence-corrected chi connectivity index (χ3v) is 8.27. The van der Waals surface area contributed by atoms with E-state index >= 15 is 0 Å². The quantitative estimate of drug-likeness (QED) is 0.385. The second-order valence-electron chi connectivity index (χ2n) is 10.5. The van der Waals surface area contributed by atoms with E-state index in [1.807, 2.05) is 11.0 Å². The molecule has 0 spiro atoms. The molecular formula is C26H31N3O7. The number of nitrogens with two attached hydrogens (primary N) is 1. The second kappa shape index (κ2) is 8.35. The van der Waals surface area contributed by atoms with Gasteiger partial charge in [0, 0.05) is 24.6 Å². The lowest BCUT2D eigenvalue weighted by atomic mass is 9.58. The van der Waals surface area contributed by atoms with Gasteiger partial charge in [0.05, 0.1) is 17.3 Å². The summed E-state index contributed by atoms with van der Waals surface area (Å²) >= 11 is 0. The fourth-order valence-corrected chi connectivity index (χ4v) is 6.60. The van der Waals surface area contributed by atoms with Crippen molar-refractivity contribution in [2.24, 2.45) is 17.6 Å². The number of aliphatic hydroxyl groups excluding tert-OH is 2. The lowest BCUT2D eigenvalue weighted by molar-refractivity contribution is -0.148. The zero-order valence-corrected chi connectivity index (χ0v) is 20.3. The first kappa shape index (κ1) is 24.3.